The molecule has 2 fully saturated rings. The van der Waals surface area contributed by atoms with Gasteiger partial charge in [-0.05, 0) is 62.2 Å². The Morgan fingerprint density at radius 1 is 0.973 bits per heavy atom. The molecule has 1 N–H and O–H groups in total. The monoisotopic (exact) mass is 523 g/mol. The third-order valence-corrected chi connectivity index (χ3v) is 8.45. The number of carbonyl (C=O) groups is 1. The first-order valence-electron chi connectivity index (χ1n) is 12.5. The van der Waals surface area contributed by atoms with Crippen molar-refractivity contribution < 1.29 is 9.18 Å². The topological polar surface area (TPSA) is 116 Å². The molecule has 10 nitrogen and oxygen atoms in total. The summed E-state index contributed by atoms with van der Waals surface area (Å²) < 4.78 is 18.6. The van der Waals surface area contributed by atoms with Crippen LogP contribution in [-0.2, 0) is 0 Å². The highest BCUT2D eigenvalue weighted by atomic mass is 32.2. The van der Waals surface area contributed by atoms with Crippen LogP contribution in [-0.4, -0.2) is 52.2 Å². The number of fused-ring (bicyclic) bond motifs is 2. The summed E-state index contributed by atoms with van der Waals surface area (Å²) in [6, 6.07) is 2.42. The van der Waals surface area contributed by atoms with Crippen LogP contribution in [0.2, 0.25) is 0 Å². The number of thioether (sulfide) groups is 1. The maximum absolute atomic E-state index is 14.1. The summed E-state index contributed by atoms with van der Waals surface area (Å²) in [7, 11) is 0. The average Bonchev–Trinajstić information content (AvgIpc) is 3.35. The van der Waals surface area contributed by atoms with Crippen LogP contribution < -0.4 is 16.6 Å². The van der Waals surface area contributed by atoms with Gasteiger partial charge >= 0.3 is 5.69 Å². The Morgan fingerprint density at radius 2 is 1.73 bits per heavy atom. The molecule has 4 aromatic heterocycles. The lowest BCUT2D eigenvalue weighted by Crippen LogP contribution is -2.46. The molecular weight excluding hydrogens is 497 g/mol. The Hall–Kier alpha value is -3.54. The summed E-state index contributed by atoms with van der Waals surface area (Å²) >= 11 is 1.84. The fourth-order valence-corrected chi connectivity index (χ4v) is 6.61. The normalized spacial score (nSPS) is 20.9. The molecule has 2 aliphatic rings. The summed E-state index contributed by atoms with van der Waals surface area (Å²) in [6.07, 6.45) is 9.80. The zero-order valence-corrected chi connectivity index (χ0v) is 20.9. The maximum atomic E-state index is 14.1. The second kappa shape index (κ2) is 9.73. The molecule has 0 atom stereocenters. The van der Waals surface area contributed by atoms with Gasteiger partial charge in [0.1, 0.15) is 17.0 Å². The molecule has 192 valence electrons. The highest BCUT2D eigenvalue weighted by Crippen LogP contribution is 2.30. The molecule has 1 aliphatic carbocycles. The Kier molecular flexibility index (Phi) is 6.27. The number of carbonyl (C=O) groups excluding carboxylic acids is 1. The third-order valence-electron chi connectivity index (χ3n) is 7.40. The minimum absolute atomic E-state index is 0.0730. The van der Waals surface area contributed by atoms with E-state index in [1.165, 1.54) is 16.8 Å². The zero-order valence-electron chi connectivity index (χ0n) is 20.0. The Labute approximate surface area is 214 Å². The van der Waals surface area contributed by atoms with Crippen molar-refractivity contribution >= 4 is 34.3 Å². The summed E-state index contributed by atoms with van der Waals surface area (Å²) in [4.78, 5) is 48.4. The van der Waals surface area contributed by atoms with E-state index in [1.807, 2.05) is 11.8 Å². The van der Waals surface area contributed by atoms with E-state index < -0.39 is 11.4 Å². The molecular formula is C25H26FN7O3S. The molecule has 0 unspecified atom stereocenters. The third kappa shape index (κ3) is 4.32. The number of nitrogens with zero attached hydrogens (tertiary/aromatic N) is 6. The van der Waals surface area contributed by atoms with E-state index >= 15 is 0 Å². The van der Waals surface area contributed by atoms with Crippen molar-refractivity contribution in [3.05, 3.63) is 69.1 Å². The maximum Gasteiger partial charge on any atom is 0.333 e. The molecule has 0 bridgehead atoms. The van der Waals surface area contributed by atoms with Crippen molar-refractivity contribution in [1.29, 1.82) is 0 Å². The predicted octanol–water partition coefficient (Wildman–Crippen LogP) is 2.72. The second-order valence-electron chi connectivity index (χ2n) is 9.62. The quantitative estimate of drug-likeness (QED) is 0.437. The van der Waals surface area contributed by atoms with Crippen molar-refractivity contribution in [3.8, 4) is 0 Å². The van der Waals surface area contributed by atoms with E-state index in [4.69, 9.17) is 0 Å². The lowest BCUT2D eigenvalue weighted by atomic mass is 9.90. The smallest absolute Gasteiger partial charge is 0.333 e. The molecule has 1 aliphatic heterocycles. The van der Waals surface area contributed by atoms with Crippen LogP contribution >= 0.6 is 11.8 Å². The van der Waals surface area contributed by atoms with Crippen LogP contribution in [0.1, 0.15) is 61.0 Å². The van der Waals surface area contributed by atoms with E-state index in [1.54, 1.807) is 27.5 Å². The number of halogens is 1. The van der Waals surface area contributed by atoms with Gasteiger partial charge in [-0.15, -0.1) is 0 Å². The van der Waals surface area contributed by atoms with Crippen LogP contribution in [0.3, 0.4) is 0 Å². The van der Waals surface area contributed by atoms with Gasteiger partial charge in [0.25, 0.3) is 11.5 Å². The van der Waals surface area contributed by atoms with Crippen LogP contribution in [0.5, 0.6) is 0 Å². The van der Waals surface area contributed by atoms with Gasteiger partial charge in [-0.2, -0.15) is 16.9 Å². The molecule has 0 aromatic carbocycles. The molecule has 0 radical (unpaired) electrons. The van der Waals surface area contributed by atoms with Gasteiger partial charge in [-0.3, -0.25) is 18.7 Å². The van der Waals surface area contributed by atoms with E-state index in [-0.39, 0.29) is 40.8 Å². The van der Waals surface area contributed by atoms with Gasteiger partial charge in [-0.1, -0.05) is 0 Å². The highest BCUT2D eigenvalue weighted by Gasteiger charge is 2.30. The van der Waals surface area contributed by atoms with Crippen LogP contribution in [0, 0.1) is 5.82 Å². The number of pyridine rings is 1. The van der Waals surface area contributed by atoms with E-state index in [2.05, 4.69) is 20.4 Å². The van der Waals surface area contributed by atoms with Crippen molar-refractivity contribution in [2.45, 2.75) is 56.7 Å². The molecule has 6 rings (SSSR count). The van der Waals surface area contributed by atoms with Crippen LogP contribution in [0.15, 0.2) is 46.5 Å². The SMILES string of the molecule is O=C(NC1CCC(n2c(=O)c3cc(F)cnc3n(C3CCSCC3)c2=O)CC1)c1cnn2cccnc12. The minimum atomic E-state index is -0.603. The number of hydrogen-bond donors (Lipinski definition) is 1. The largest absolute Gasteiger partial charge is 0.349 e. The molecule has 1 saturated heterocycles. The number of rotatable bonds is 4. The molecule has 12 heteroatoms. The number of aromatic nitrogens is 6. The van der Waals surface area contributed by atoms with Gasteiger partial charge in [0, 0.05) is 30.5 Å². The van der Waals surface area contributed by atoms with Crippen molar-refractivity contribution in [2.24, 2.45) is 0 Å². The molecule has 0 spiro atoms. The lowest BCUT2D eigenvalue weighted by molar-refractivity contribution is 0.0923. The summed E-state index contributed by atoms with van der Waals surface area (Å²) in [5.74, 6) is 0.992. The van der Waals surface area contributed by atoms with Gasteiger partial charge in [0.2, 0.25) is 0 Å². The van der Waals surface area contributed by atoms with E-state index in [9.17, 15) is 18.8 Å². The number of hydrogen-bond acceptors (Lipinski definition) is 7. The highest BCUT2D eigenvalue weighted by molar-refractivity contribution is 7.99. The fraction of sp³-hybridized carbons (Fsp3) is 0.440. The first kappa shape index (κ1) is 23.8. The predicted molar refractivity (Wildman–Crippen MR) is 138 cm³/mol. The first-order chi connectivity index (χ1) is 18.0. The van der Waals surface area contributed by atoms with Crippen molar-refractivity contribution in [3.63, 3.8) is 0 Å². The van der Waals surface area contributed by atoms with Crippen LogP contribution in [0.4, 0.5) is 4.39 Å². The molecule has 37 heavy (non-hydrogen) atoms. The fourth-order valence-electron chi connectivity index (χ4n) is 5.53. The molecule has 1 saturated carbocycles. The minimum Gasteiger partial charge on any atom is -0.349 e. The molecule has 1 amide bonds. The molecule has 4 aromatic rings. The second-order valence-corrected chi connectivity index (χ2v) is 10.8. The number of nitrogens with one attached hydrogen (secondary N) is 1. The van der Waals surface area contributed by atoms with Gasteiger partial charge in [-0.25, -0.2) is 23.7 Å². The van der Waals surface area contributed by atoms with E-state index in [0.29, 0.717) is 36.9 Å². The zero-order chi connectivity index (χ0) is 25.5. The Bertz CT molecular complexity index is 1600. The van der Waals surface area contributed by atoms with Gasteiger partial charge in [0.05, 0.1) is 17.8 Å². The van der Waals surface area contributed by atoms with Gasteiger partial charge < -0.3 is 5.32 Å². The summed E-state index contributed by atoms with van der Waals surface area (Å²) in [5.41, 5.74) is 0.264. The Balaban J connectivity index is 1.26. The van der Waals surface area contributed by atoms with Crippen molar-refractivity contribution in [2.75, 3.05) is 11.5 Å². The lowest BCUT2D eigenvalue weighted by Gasteiger charge is -2.31. The van der Waals surface area contributed by atoms with Gasteiger partial charge in [0.15, 0.2) is 5.65 Å². The van der Waals surface area contributed by atoms with E-state index in [0.717, 1.165) is 30.5 Å². The Morgan fingerprint density at radius 3 is 2.51 bits per heavy atom. The molecule has 5 heterocycles. The summed E-state index contributed by atoms with van der Waals surface area (Å²) in [5, 5.41) is 7.35. The first-order valence-corrected chi connectivity index (χ1v) is 13.7. The number of amides is 1. The summed E-state index contributed by atoms with van der Waals surface area (Å²) in [6.45, 7) is 0. The standard InChI is InChI=1S/C25H26FN7O3S/c26-15-12-19-22(28-13-15)32(18-6-10-37-11-7-18)25(36)33(24(19)35)17-4-2-16(3-5-17)30-23(34)20-14-29-31-9-1-8-27-21(20)31/h1,8-9,12-14,16-18H,2-7,10-11H2,(H,30,34). The van der Waals surface area contributed by atoms with Crippen molar-refractivity contribution in [1.82, 2.24) is 34.0 Å². The average molecular weight is 524 g/mol. The van der Waals surface area contributed by atoms with Crippen LogP contribution in [0.25, 0.3) is 16.7 Å².